The van der Waals surface area contributed by atoms with E-state index < -0.39 is 17.7 Å². The Kier molecular flexibility index (Phi) is 13.6. The molecule has 9 heterocycles. The van der Waals surface area contributed by atoms with Gasteiger partial charge < -0.3 is 44.8 Å². The number of aromatic nitrogens is 3. The van der Waals surface area contributed by atoms with Crippen LogP contribution in [0.15, 0.2) is 48.7 Å². The number of piperidine rings is 3. The van der Waals surface area contributed by atoms with Crippen LogP contribution in [0.1, 0.15) is 85.7 Å². The normalized spacial score (nSPS) is 24.0. The highest BCUT2D eigenvalue weighted by molar-refractivity contribution is 6.06. The molecule has 382 valence electrons. The Balaban J connectivity index is 0.000000162. The number of rotatable bonds is 9. The Hall–Kier alpha value is -6.52. The Labute approximate surface area is 423 Å². The minimum atomic E-state index is -0.716. The van der Waals surface area contributed by atoms with Gasteiger partial charge in [0.25, 0.3) is 5.91 Å². The first kappa shape index (κ1) is 48.7. The maximum atomic E-state index is 16.6. The predicted octanol–water partition coefficient (Wildman–Crippen LogP) is 5.34. The van der Waals surface area contributed by atoms with Gasteiger partial charge in [-0.1, -0.05) is 18.1 Å². The number of imide groups is 1. The van der Waals surface area contributed by atoms with Crippen LogP contribution in [0.3, 0.4) is 0 Å². The number of halogens is 2. The van der Waals surface area contributed by atoms with Crippen molar-refractivity contribution in [3.05, 3.63) is 77.0 Å². The van der Waals surface area contributed by atoms with Crippen LogP contribution in [0.25, 0.3) is 32.9 Å². The fraction of sp³-hybridized carbons (Fsp3) is 0.491. The third kappa shape index (κ3) is 9.75. The number of phenols is 1. The van der Waals surface area contributed by atoms with Crippen LogP contribution in [0.4, 0.5) is 20.3 Å². The van der Waals surface area contributed by atoms with Crippen molar-refractivity contribution in [2.45, 2.75) is 101 Å². The third-order valence-corrected chi connectivity index (χ3v) is 16.3. The maximum Gasteiger partial charge on any atom is 0.319 e. The van der Waals surface area contributed by atoms with E-state index in [0.29, 0.717) is 65.1 Å². The average molecular weight is 997 g/mol. The van der Waals surface area contributed by atoms with Gasteiger partial charge in [-0.05, 0) is 113 Å². The number of carbonyl (C=O) groups excluding carboxylic acids is 3. The molecule has 12 rings (SSSR count). The molecule has 6 saturated heterocycles. The highest BCUT2D eigenvalue weighted by Gasteiger charge is 2.41. The molecule has 2 bridgehead atoms. The number of phenolic OH excluding ortho intramolecular Hbond substituents is 1. The van der Waals surface area contributed by atoms with Gasteiger partial charge in [0.1, 0.15) is 41.2 Å². The first-order valence-corrected chi connectivity index (χ1v) is 25.9. The molecule has 6 fully saturated rings. The second kappa shape index (κ2) is 20.4. The molecule has 18 heteroatoms. The van der Waals surface area contributed by atoms with Gasteiger partial charge in [-0.2, -0.15) is 9.97 Å². The lowest BCUT2D eigenvalue weighted by Gasteiger charge is -2.38. The number of piperazine rings is 1. The van der Waals surface area contributed by atoms with Crippen molar-refractivity contribution >= 4 is 50.9 Å². The molecule has 5 aromatic rings. The van der Waals surface area contributed by atoms with Crippen molar-refractivity contribution in [3.63, 3.8) is 0 Å². The molecule has 0 spiro atoms. The average Bonchev–Trinajstić information content (AvgIpc) is 4.08. The molecule has 3 aromatic carbocycles. The number of aromatic hydroxyl groups is 1. The number of anilines is 2. The third-order valence-electron chi connectivity index (χ3n) is 16.3. The molecule has 0 radical (unpaired) electrons. The Morgan fingerprint density at radius 2 is 1.67 bits per heavy atom. The molecule has 4 unspecified atom stereocenters. The topological polar surface area (TPSA) is 180 Å². The number of nitrogens with zero attached hydrogens (tertiary/aromatic N) is 8. The van der Waals surface area contributed by atoms with Crippen molar-refractivity contribution in [1.29, 1.82) is 0 Å². The highest BCUT2D eigenvalue weighted by atomic mass is 19.1. The number of aliphatic hydroxyl groups is 1. The molecule has 7 aliphatic rings. The Morgan fingerprint density at radius 3 is 2.40 bits per heavy atom. The maximum absolute atomic E-state index is 16.6. The van der Waals surface area contributed by atoms with Gasteiger partial charge in [-0.3, -0.25) is 24.7 Å². The van der Waals surface area contributed by atoms with Crippen LogP contribution >= 0.6 is 0 Å². The number of terminal acetylenes is 1. The lowest BCUT2D eigenvalue weighted by molar-refractivity contribution is -0.136. The molecule has 7 aliphatic heterocycles. The summed E-state index contributed by atoms with van der Waals surface area (Å²) in [4.78, 5) is 61.6. The zero-order valence-corrected chi connectivity index (χ0v) is 41.2. The number of likely N-dealkylation sites (tertiary alicyclic amines) is 2. The molecule has 2 aromatic heterocycles. The number of likely N-dealkylation sites (N-methyl/N-ethyl adjacent to an activating group) is 1. The van der Waals surface area contributed by atoms with Gasteiger partial charge in [0.05, 0.1) is 17.1 Å². The molecule has 0 saturated carbocycles. The fourth-order valence-electron chi connectivity index (χ4n) is 12.3. The van der Waals surface area contributed by atoms with E-state index in [1.807, 2.05) is 12.1 Å². The zero-order valence-electron chi connectivity index (χ0n) is 41.2. The van der Waals surface area contributed by atoms with E-state index >= 15 is 4.39 Å². The first-order chi connectivity index (χ1) is 35.4. The van der Waals surface area contributed by atoms with Gasteiger partial charge in [0, 0.05) is 111 Å². The first-order valence-electron chi connectivity index (χ1n) is 25.9. The van der Waals surface area contributed by atoms with Gasteiger partial charge in [0.2, 0.25) is 11.8 Å². The second-order valence-corrected chi connectivity index (χ2v) is 21.0. The summed E-state index contributed by atoms with van der Waals surface area (Å²) in [6, 6.07) is 11.9. The number of carbonyl (C=O) groups is 3. The predicted molar refractivity (Wildman–Crippen MR) is 272 cm³/mol. The molecule has 73 heavy (non-hydrogen) atoms. The molecule has 4 atom stereocenters. The molecule has 0 aliphatic carbocycles. The number of aliphatic hydroxyl groups excluding tert-OH is 1. The number of ether oxygens (including phenoxy) is 1. The van der Waals surface area contributed by atoms with E-state index in [-0.39, 0.29) is 70.4 Å². The minimum Gasteiger partial charge on any atom is -0.508 e. The van der Waals surface area contributed by atoms with E-state index in [1.165, 1.54) is 24.3 Å². The van der Waals surface area contributed by atoms with Crippen molar-refractivity contribution in [3.8, 4) is 35.4 Å². The molecule has 16 nitrogen and oxygen atoms in total. The molecule has 4 N–H and O–H groups in total. The lowest BCUT2D eigenvalue weighted by atomic mass is 9.94. The van der Waals surface area contributed by atoms with Gasteiger partial charge in [-0.15, -0.1) is 6.42 Å². The standard InChI is InChI=1S/C31H30F2N6O2.C24H32N4O4/c1-3-22-25(32)9-6-17-11-21(40)12-23(26(17)22)28-27(33)29-24(13-34-28)30(39-14-18-7-8-19(15-39)35-18)37-31(36-29)41-16-20-5-4-10-38(20)2;29-17-8-10-26(11-9-17)14-16-6-12-27(13-7-16)20-3-1-2-18-19(20)15-28(24(18)32)21-4-5-22(30)25-23(21)31/h1,6,9,11-13,18-20,35,40H,4-5,7-8,10,14-16H2,2H3;1-3,16-17,21,29H,4-15H2,(H,25,30,31). The van der Waals surface area contributed by atoms with Gasteiger partial charge in [-0.25, -0.2) is 8.78 Å². The van der Waals surface area contributed by atoms with E-state index in [9.17, 15) is 29.0 Å². The number of amides is 3. The SMILES string of the molecule is C#Cc1c(F)ccc2cc(O)cc(-c3ncc4c(N5CC6CCC(C5)N6)nc(OCC5CCCN5C)nc4c3F)c12.O=C1CCC(N2Cc3c(cccc3N3CCC(CN4CCC(O)CC4)CC3)C2=O)C(=O)N1. The minimum absolute atomic E-state index is 0.0248. The smallest absolute Gasteiger partial charge is 0.319 e. The summed E-state index contributed by atoms with van der Waals surface area (Å²) in [5.74, 6) is 1.44. The Morgan fingerprint density at radius 1 is 0.890 bits per heavy atom. The summed E-state index contributed by atoms with van der Waals surface area (Å²) in [6.07, 6.45) is 16.0. The number of hydrogen-bond acceptors (Lipinski definition) is 14. The van der Waals surface area contributed by atoms with E-state index in [1.54, 1.807) is 11.1 Å². The monoisotopic (exact) mass is 996 g/mol. The summed E-state index contributed by atoms with van der Waals surface area (Å²) in [7, 11) is 2.06. The van der Waals surface area contributed by atoms with Crippen LogP contribution in [0, 0.1) is 29.9 Å². The number of nitrogens with one attached hydrogen (secondary N) is 2. The zero-order chi connectivity index (χ0) is 50.5. The largest absolute Gasteiger partial charge is 0.508 e. The van der Waals surface area contributed by atoms with Crippen LogP contribution in [0.2, 0.25) is 0 Å². The van der Waals surface area contributed by atoms with E-state index in [4.69, 9.17) is 16.1 Å². The van der Waals surface area contributed by atoms with Crippen LogP contribution in [0.5, 0.6) is 11.8 Å². The fourth-order valence-corrected chi connectivity index (χ4v) is 12.3. The second-order valence-electron chi connectivity index (χ2n) is 21.0. The van der Waals surface area contributed by atoms with E-state index in [0.717, 1.165) is 115 Å². The van der Waals surface area contributed by atoms with Gasteiger partial charge >= 0.3 is 6.01 Å². The van der Waals surface area contributed by atoms with Crippen molar-refractivity contribution < 1.29 is 38.1 Å². The number of hydrogen-bond donors (Lipinski definition) is 4. The number of fused-ring (bicyclic) bond motifs is 5. The van der Waals surface area contributed by atoms with Crippen LogP contribution in [-0.2, 0) is 16.1 Å². The van der Waals surface area contributed by atoms with Gasteiger partial charge in [0.15, 0.2) is 5.82 Å². The summed E-state index contributed by atoms with van der Waals surface area (Å²) in [6.45, 7) is 8.31. The van der Waals surface area contributed by atoms with Crippen molar-refractivity contribution in [2.75, 3.05) is 75.8 Å². The van der Waals surface area contributed by atoms with Crippen LogP contribution in [-0.4, -0.2) is 154 Å². The van der Waals surface area contributed by atoms with Crippen LogP contribution < -0.4 is 25.2 Å². The summed E-state index contributed by atoms with van der Waals surface area (Å²) in [5, 5.41) is 27.4. The summed E-state index contributed by atoms with van der Waals surface area (Å²) < 4.78 is 37.4. The van der Waals surface area contributed by atoms with E-state index in [2.05, 4.69) is 59.2 Å². The van der Waals surface area contributed by atoms with Crippen molar-refractivity contribution in [1.82, 2.24) is 40.3 Å². The highest BCUT2D eigenvalue weighted by Crippen LogP contribution is 2.40. The lowest BCUT2D eigenvalue weighted by Crippen LogP contribution is -2.52. The molecular weight excluding hydrogens is 935 g/mol. The van der Waals surface area contributed by atoms with Crippen molar-refractivity contribution in [2.24, 2.45) is 5.92 Å². The molecule has 3 amide bonds. The Bertz CT molecular complexity index is 3000. The number of benzene rings is 3. The molecular formula is C55H62F2N10O6. The summed E-state index contributed by atoms with van der Waals surface area (Å²) >= 11 is 0. The number of pyridine rings is 1. The quantitative estimate of drug-likeness (QED) is 0.110. The summed E-state index contributed by atoms with van der Waals surface area (Å²) in [5.41, 5.74) is 2.91.